The second-order valence-electron chi connectivity index (χ2n) is 5.80. The Morgan fingerprint density at radius 2 is 2.00 bits per heavy atom. The van der Waals surface area contributed by atoms with Gasteiger partial charge in [0.15, 0.2) is 0 Å². The van der Waals surface area contributed by atoms with Crippen molar-refractivity contribution >= 4 is 5.91 Å². The van der Waals surface area contributed by atoms with Gasteiger partial charge in [-0.3, -0.25) is 4.79 Å². The summed E-state index contributed by atoms with van der Waals surface area (Å²) in [6, 6.07) is 0.329. The first kappa shape index (κ1) is 15.4. The van der Waals surface area contributed by atoms with Gasteiger partial charge in [-0.1, -0.05) is 20.8 Å². The van der Waals surface area contributed by atoms with Gasteiger partial charge in [-0.15, -0.1) is 0 Å². The molecule has 1 aliphatic rings. The van der Waals surface area contributed by atoms with Crippen LogP contribution in [0.15, 0.2) is 0 Å². The minimum absolute atomic E-state index is 0.0230. The molecule has 1 atom stereocenters. The Hall–Kier alpha value is -0.610. The highest BCUT2D eigenvalue weighted by Gasteiger charge is 2.21. The van der Waals surface area contributed by atoms with Crippen LogP contribution < -0.4 is 11.1 Å². The van der Waals surface area contributed by atoms with Crippen LogP contribution in [0.25, 0.3) is 0 Å². The van der Waals surface area contributed by atoms with E-state index >= 15 is 0 Å². The van der Waals surface area contributed by atoms with Crippen molar-refractivity contribution in [2.24, 2.45) is 11.7 Å². The number of nitrogens with two attached hydrogens (primary N) is 1. The number of likely N-dealkylation sites (tertiary alicyclic amines) is 1. The van der Waals surface area contributed by atoms with Crippen LogP contribution in [0.3, 0.4) is 0 Å². The van der Waals surface area contributed by atoms with E-state index in [0.29, 0.717) is 18.4 Å². The molecule has 0 aromatic carbocycles. The summed E-state index contributed by atoms with van der Waals surface area (Å²) in [6.45, 7) is 9.71. The van der Waals surface area contributed by atoms with Crippen LogP contribution >= 0.6 is 0 Å². The zero-order valence-corrected chi connectivity index (χ0v) is 12.1. The number of rotatable bonds is 6. The van der Waals surface area contributed by atoms with Gasteiger partial charge in [-0.2, -0.15) is 0 Å². The lowest BCUT2D eigenvalue weighted by atomic mass is 10.0. The Balaban J connectivity index is 2.22. The summed E-state index contributed by atoms with van der Waals surface area (Å²) < 4.78 is 0. The quantitative estimate of drug-likeness (QED) is 0.753. The topological polar surface area (TPSA) is 58.4 Å². The van der Waals surface area contributed by atoms with Crippen molar-refractivity contribution < 1.29 is 4.79 Å². The molecule has 18 heavy (non-hydrogen) atoms. The number of nitrogens with zero attached hydrogens (tertiary/aromatic N) is 1. The van der Waals surface area contributed by atoms with Crippen LogP contribution in [0.2, 0.25) is 0 Å². The molecule has 1 rings (SSSR count). The van der Waals surface area contributed by atoms with Crippen LogP contribution in [0.1, 0.15) is 46.5 Å². The van der Waals surface area contributed by atoms with Crippen molar-refractivity contribution in [2.45, 2.75) is 58.5 Å². The molecular formula is C14H29N3O. The van der Waals surface area contributed by atoms with Gasteiger partial charge >= 0.3 is 0 Å². The molecule has 0 aromatic rings. The first-order valence-corrected chi connectivity index (χ1v) is 7.30. The average molecular weight is 255 g/mol. The Morgan fingerprint density at radius 3 is 2.50 bits per heavy atom. The van der Waals surface area contributed by atoms with E-state index in [2.05, 4.69) is 31.0 Å². The molecule has 3 N–H and O–H groups in total. The molecule has 0 aliphatic carbocycles. The highest BCUT2D eigenvalue weighted by molar-refractivity contribution is 5.76. The van der Waals surface area contributed by atoms with Gasteiger partial charge < -0.3 is 16.0 Å². The monoisotopic (exact) mass is 255 g/mol. The maximum Gasteiger partial charge on any atom is 0.221 e. The first-order chi connectivity index (χ1) is 8.52. The predicted molar refractivity (Wildman–Crippen MR) is 75.3 cm³/mol. The van der Waals surface area contributed by atoms with Crippen molar-refractivity contribution in [2.75, 3.05) is 19.6 Å². The maximum absolute atomic E-state index is 11.8. The lowest BCUT2D eigenvalue weighted by Crippen LogP contribution is -2.46. The van der Waals surface area contributed by atoms with Gasteiger partial charge in [0.05, 0.1) is 0 Å². The highest BCUT2D eigenvalue weighted by atomic mass is 16.1. The van der Waals surface area contributed by atoms with Gasteiger partial charge in [0, 0.05) is 31.6 Å². The Morgan fingerprint density at radius 1 is 1.39 bits per heavy atom. The minimum Gasteiger partial charge on any atom is -0.353 e. The van der Waals surface area contributed by atoms with E-state index in [0.717, 1.165) is 25.9 Å². The third-order valence-corrected chi connectivity index (χ3v) is 3.77. The SMILES string of the molecule is CCCN1CCC(NC(=O)CC(N)C(C)C)CC1. The fraction of sp³-hybridized carbons (Fsp3) is 0.929. The lowest BCUT2D eigenvalue weighted by Gasteiger charge is -2.32. The minimum atomic E-state index is -0.0230. The number of amides is 1. The molecule has 1 fully saturated rings. The molecule has 0 radical (unpaired) electrons. The second kappa shape index (κ2) is 7.74. The number of nitrogens with one attached hydrogen (secondary N) is 1. The fourth-order valence-electron chi connectivity index (χ4n) is 2.35. The number of carbonyl (C=O) groups is 1. The molecule has 1 heterocycles. The van der Waals surface area contributed by atoms with Crippen LogP contribution in [-0.4, -0.2) is 42.5 Å². The largest absolute Gasteiger partial charge is 0.353 e. The molecule has 1 amide bonds. The number of hydrogen-bond donors (Lipinski definition) is 2. The number of carbonyl (C=O) groups excluding carboxylic acids is 1. The van der Waals surface area contributed by atoms with E-state index < -0.39 is 0 Å². The third-order valence-electron chi connectivity index (χ3n) is 3.77. The number of piperidine rings is 1. The third kappa shape index (κ3) is 5.36. The summed E-state index contributed by atoms with van der Waals surface area (Å²) in [4.78, 5) is 14.3. The standard InChI is InChI=1S/C14H29N3O/c1-4-7-17-8-5-12(6-9-17)16-14(18)10-13(15)11(2)3/h11-13H,4-10,15H2,1-3H3,(H,16,18). The van der Waals surface area contributed by atoms with Crippen LogP contribution in [0, 0.1) is 5.92 Å². The lowest BCUT2D eigenvalue weighted by molar-refractivity contribution is -0.122. The normalized spacial score (nSPS) is 20.1. The zero-order chi connectivity index (χ0) is 13.5. The zero-order valence-electron chi connectivity index (χ0n) is 12.1. The molecule has 4 heteroatoms. The molecule has 106 valence electrons. The van der Waals surface area contributed by atoms with Gasteiger partial charge in [0.25, 0.3) is 0 Å². The average Bonchev–Trinajstić information content (AvgIpc) is 2.31. The molecule has 1 unspecified atom stereocenters. The Labute approximate surface area is 111 Å². The van der Waals surface area contributed by atoms with Crippen molar-refractivity contribution in [3.8, 4) is 0 Å². The smallest absolute Gasteiger partial charge is 0.221 e. The molecule has 0 aromatic heterocycles. The van der Waals surface area contributed by atoms with Gasteiger partial charge in [-0.25, -0.2) is 0 Å². The van der Waals surface area contributed by atoms with Crippen molar-refractivity contribution in [1.29, 1.82) is 0 Å². The van der Waals surface area contributed by atoms with Crippen molar-refractivity contribution in [1.82, 2.24) is 10.2 Å². The highest BCUT2D eigenvalue weighted by Crippen LogP contribution is 2.11. The molecule has 1 saturated heterocycles. The summed E-state index contributed by atoms with van der Waals surface area (Å²) in [6.07, 6.45) is 3.80. The maximum atomic E-state index is 11.8. The fourth-order valence-corrected chi connectivity index (χ4v) is 2.35. The Kier molecular flexibility index (Phi) is 6.65. The molecule has 0 saturated carbocycles. The van der Waals surface area contributed by atoms with E-state index in [4.69, 9.17) is 5.73 Å². The number of hydrogen-bond acceptors (Lipinski definition) is 3. The van der Waals surface area contributed by atoms with Crippen molar-refractivity contribution in [3.05, 3.63) is 0 Å². The van der Waals surface area contributed by atoms with Gasteiger partial charge in [0.2, 0.25) is 5.91 Å². The molecule has 1 aliphatic heterocycles. The Bertz CT molecular complexity index is 247. The van der Waals surface area contributed by atoms with E-state index in [1.807, 2.05) is 0 Å². The van der Waals surface area contributed by atoms with Gasteiger partial charge in [0.1, 0.15) is 0 Å². The summed E-state index contributed by atoms with van der Waals surface area (Å²) in [5.74, 6) is 0.479. The van der Waals surface area contributed by atoms with E-state index in [1.165, 1.54) is 13.0 Å². The van der Waals surface area contributed by atoms with Gasteiger partial charge in [-0.05, 0) is 31.7 Å². The summed E-state index contributed by atoms with van der Waals surface area (Å²) in [7, 11) is 0. The van der Waals surface area contributed by atoms with Crippen LogP contribution in [0.5, 0.6) is 0 Å². The van der Waals surface area contributed by atoms with E-state index in [9.17, 15) is 4.79 Å². The first-order valence-electron chi connectivity index (χ1n) is 7.30. The molecule has 0 spiro atoms. The predicted octanol–water partition coefficient (Wildman–Crippen LogP) is 1.35. The molecule has 0 bridgehead atoms. The van der Waals surface area contributed by atoms with Crippen LogP contribution in [0.4, 0.5) is 0 Å². The van der Waals surface area contributed by atoms with E-state index in [1.54, 1.807) is 0 Å². The summed E-state index contributed by atoms with van der Waals surface area (Å²) >= 11 is 0. The van der Waals surface area contributed by atoms with Crippen LogP contribution in [-0.2, 0) is 4.79 Å². The summed E-state index contributed by atoms with van der Waals surface area (Å²) in [5, 5.41) is 3.12. The van der Waals surface area contributed by atoms with E-state index in [-0.39, 0.29) is 11.9 Å². The van der Waals surface area contributed by atoms with Crippen molar-refractivity contribution in [3.63, 3.8) is 0 Å². The molecule has 4 nitrogen and oxygen atoms in total. The summed E-state index contributed by atoms with van der Waals surface area (Å²) in [5.41, 5.74) is 5.92. The molecular weight excluding hydrogens is 226 g/mol. The second-order valence-corrected chi connectivity index (χ2v) is 5.80.